The van der Waals surface area contributed by atoms with E-state index in [1.165, 1.54) is 0 Å². The average Bonchev–Trinajstić information content (AvgIpc) is 2.89. The highest BCUT2D eigenvalue weighted by Gasteiger charge is 2.13. The minimum atomic E-state index is -1.21. The van der Waals surface area contributed by atoms with Crippen molar-refractivity contribution in [2.45, 2.75) is 43.4 Å². The van der Waals surface area contributed by atoms with Gasteiger partial charge in [-0.05, 0) is 24.0 Å². The third kappa shape index (κ3) is 20.6. The maximum absolute atomic E-state index is 10.4. The van der Waals surface area contributed by atoms with E-state index in [0.29, 0.717) is 12.8 Å². The van der Waals surface area contributed by atoms with Crippen LogP contribution in [0, 0.1) is 0 Å². The third-order valence-electron chi connectivity index (χ3n) is 4.48. The Morgan fingerprint density at radius 1 is 0.550 bits per heavy atom. The zero-order valence-corrected chi connectivity index (χ0v) is 21.6. The van der Waals surface area contributed by atoms with Crippen LogP contribution in [-0.2, 0) is 36.8 Å². The van der Waals surface area contributed by atoms with E-state index >= 15 is 0 Å². The number of hydrogen-bond acceptors (Lipinski definition) is 10. The van der Waals surface area contributed by atoms with Crippen LogP contribution in [0.25, 0.3) is 0 Å². The highest BCUT2D eigenvalue weighted by molar-refractivity contribution is 5.83. The second-order valence-electron chi connectivity index (χ2n) is 8.01. The minimum absolute atomic E-state index is 0.310. The van der Waals surface area contributed by atoms with Gasteiger partial charge in [0, 0.05) is 0 Å². The predicted octanol–water partition coefficient (Wildman–Crippen LogP) is -2.05. The topological polar surface area (TPSA) is 317 Å². The lowest BCUT2D eigenvalue weighted by Gasteiger charge is -2.04. The summed E-state index contributed by atoms with van der Waals surface area (Å²) >= 11 is 0. The number of rotatable bonds is 11. The molecule has 0 bridgehead atoms. The summed E-state index contributed by atoms with van der Waals surface area (Å²) in [4.78, 5) is 50.3. The number of carboxylic acid groups (broad SMARTS) is 4. The van der Waals surface area contributed by atoms with Crippen LogP contribution in [0.5, 0.6) is 0 Å². The summed E-state index contributed by atoms with van der Waals surface area (Å²) in [7, 11) is 0. The molecule has 0 aliphatic carbocycles. The van der Waals surface area contributed by atoms with Gasteiger partial charge >= 0.3 is 23.9 Å². The van der Waals surface area contributed by atoms with Crippen molar-refractivity contribution in [3.8, 4) is 0 Å². The van der Waals surface area contributed by atoms with Crippen molar-refractivity contribution in [1.82, 2.24) is 0 Å². The van der Waals surface area contributed by atoms with Gasteiger partial charge in [0.1, 0.15) is 24.2 Å². The summed E-state index contributed by atoms with van der Waals surface area (Å²) in [5.74, 6) is -5.01. The van der Waals surface area contributed by atoms with E-state index in [1.807, 2.05) is 60.7 Å². The number of primary amides is 1. The summed E-state index contributed by atoms with van der Waals surface area (Å²) in [6.45, 7) is -0.505. The van der Waals surface area contributed by atoms with Crippen molar-refractivity contribution < 1.29 is 49.5 Å². The van der Waals surface area contributed by atoms with Crippen molar-refractivity contribution in [1.29, 1.82) is 0 Å². The SMILES string of the molecule is NC(=O)CC(N)C(=O)O.NC(CO)C(=O)O.NC(Cc1ccccc1)C(=O)O.NC(Cc1ccccc1)C(=O)O. The first-order chi connectivity index (χ1) is 18.6. The molecule has 40 heavy (non-hydrogen) atoms. The highest BCUT2D eigenvalue weighted by atomic mass is 16.4. The van der Waals surface area contributed by atoms with Gasteiger partial charge < -0.3 is 54.2 Å². The Labute approximate surface area is 230 Å². The molecule has 2 aromatic rings. The molecular formula is C25H37N5O10. The molecule has 4 unspecified atom stereocenters. The van der Waals surface area contributed by atoms with Crippen LogP contribution >= 0.6 is 0 Å². The number of nitrogens with two attached hydrogens (primary N) is 5. The van der Waals surface area contributed by atoms with Gasteiger partial charge in [-0.2, -0.15) is 0 Å². The van der Waals surface area contributed by atoms with Gasteiger partial charge in [-0.25, -0.2) is 0 Å². The van der Waals surface area contributed by atoms with Crippen LogP contribution in [0.2, 0.25) is 0 Å². The van der Waals surface area contributed by atoms with E-state index in [2.05, 4.69) is 5.73 Å². The number of amides is 1. The number of aliphatic carboxylic acids is 4. The molecule has 1 amide bonds. The van der Waals surface area contributed by atoms with Crippen molar-refractivity contribution in [3.63, 3.8) is 0 Å². The third-order valence-corrected chi connectivity index (χ3v) is 4.48. The van der Waals surface area contributed by atoms with E-state index in [0.717, 1.165) is 11.1 Å². The Morgan fingerprint density at radius 3 is 1.02 bits per heavy atom. The molecule has 0 aromatic heterocycles. The molecule has 222 valence electrons. The normalized spacial score (nSPS) is 12.6. The van der Waals surface area contributed by atoms with Crippen molar-refractivity contribution >= 4 is 29.8 Å². The molecule has 2 rings (SSSR count). The van der Waals surface area contributed by atoms with Gasteiger partial charge in [0.2, 0.25) is 5.91 Å². The molecule has 15 N–H and O–H groups in total. The summed E-state index contributed by atoms with van der Waals surface area (Å²) in [5.41, 5.74) is 26.9. The van der Waals surface area contributed by atoms with E-state index in [-0.39, 0.29) is 6.42 Å². The maximum Gasteiger partial charge on any atom is 0.322 e. The van der Waals surface area contributed by atoms with Crippen LogP contribution in [0.3, 0.4) is 0 Å². The molecule has 0 radical (unpaired) electrons. The van der Waals surface area contributed by atoms with Crippen LogP contribution in [0.4, 0.5) is 0 Å². The number of carboxylic acids is 4. The quantitative estimate of drug-likeness (QED) is 0.140. The second kappa shape index (κ2) is 21.5. The first-order valence-corrected chi connectivity index (χ1v) is 11.5. The fraction of sp³-hybridized carbons (Fsp3) is 0.320. The van der Waals surface area contributed by atoms with Crippen molar-refractivity contribution in [2.24, 2.45) is 28.7 Å². The molecule has 0 aliphatic heterocycles. The largest absolute Gasteiger partial charge is 0.480 e. The summed E-state index contributed by atoms with van der Waals surface area (Å²) in [6, 6.07) is 14.8. The van der Waals surface area contributed by atoms with Gasteiger partial charge in [-0.1, -0.05) is 60.7 Å². The van der Waals surface area contributed by atoms with Gasteiger partial charge in [0.15, 0.2) is 0 Å². The summed E-state index contributed by atoms with van der Waals surface area (Å²) in [6.07, 6.45) is 0.460. The van der Waals surface area contributed by atoms with Crippen LogP contribution in [0.15, 0.2) is 60.7 Å². The number of benzene rings is 2. The summed E-state index contributed by atoms with van der Waals surface area (Å²) < 4.78 is 0. The Bertz CT molecular complexity index is 983. The lowest BCUT2D eigenvalue weighted by molar-refractivity contribution is -0.140. The zero-order valence-electron chi connectivity index (χ0n) is 21.6. The molecule has 2 aromatic carbocycles. The lowest BCUT2D eigenvalue weighted by Crippen LogP contribution is -2.34. The van der Waals surface area contributed by atoms with Crippen LogP contribution < -0.4 is 28.7 Å². The molecule has 0 aliphatic rings. The van der Waals surface area contributed by atoms with Crippen LogP contribution in [0.1, 0.15) is 17.5 Å². The molecule has 15 heteroatoms. The zero-order chi connectivity index (χ0) is 31.3. The van der Waals surface area contributed by atoms with E-state index < -0.39 is 60.6 Å². The van der Waals surface area contributed by atoms with Crippen LogP contribution in [-0.4, -0.2) is 86.1 Å². The van der Waals surface area contributed by atoms with Crippen molar-refractivity contribution in [3.05, 3.63) is 71.8 Å². The Hall–Kier alpha value is -4.41. The maximum atomic E-state index is 10.4. The number of carbonyl (C=O) groups is 5. The Balaban J connectivity index is 0. The Morgan fingerprint density at radius 2 is 0.850 bits per heavy atom. The smallest absolute Gasteiger partial charge is 0.322 e. The molecular weight excluding hydrogens is 530 g/mol. The molecule has 0 heterocycles. The fourth-order valence-electron chi connectivity index (χ4n) is 2.29. The average molecular weight is 568 g/mol. The van der Waals surface area contributed by atoms with E-state index in [4.69, 9.17) is 48.5 Å². The van der Waals surface area contributed by atoms with Gasteiger partial charge in [-0.3, -0.25) is 24.0 Å². The number of hydrogen-bond donors (Lipinski definition) is 10. The first-order valence-electron chi connectivity index (χ1n) is 11.5. The predicted molar refractivity (Wildman–Crippen MR) is 144 cm³/mol. The Kier molecular flexibility index (Phi) is 20.3. The van der Waals surface area contributed by atoms with E-state index in [1.54, 1.807) is 0 Å². The number of carbonyl (C=O) groups excluding carboxylic acids is 1. The van der Waals surface area contributed by atoms with E-state index in [9.17, 15) is 24.0 Å². The number of aliphatic hydroxyl groups excluding tert-OH is 1. The monoisotopic (exact) mass is 567 g/mol. The fourth-order valence-corrected chi connectivity index (χ4v) is 2.29. The molecule has 0 spiro atoms. The second-order valence-corrected chi connectivity index (χ2v) is 8.01. The first kappa shape index (κ1) is 37.7. The highest BCUT2D eigenvalue weighted by Crippen LogP contribution is 2.02. The lowest BCUT2D eigenvalue weighted by atomic mass is 10.1. The van der Waals surface area contributed by atoms with Crippen molar-refractivity contribution in [2.75, 3.05) is 6.61 Å². The number of aliphatic hydroxyl groups is 1. The summed E-state index contributed by atoms with van der Waals surface area (Å²) in [5, 5.41) is 41.0. The molecule has 0 saturated carbocycles. The standard InChI is InChI=1S/2C9H11NO2.C4H8N2O3.C3H7NO3/c2*10-8(9(11)12)6-7-4-2-1-3-5-7;5-2(4(8)9)1-3(6)7;4-2(1-5)3(6)7/h2*1-5,8H,6,10H2,(H,11,12);2H,1,5H2,(H2,6,7)(H,8,9);2,5H,1,4H2,(H,6,7). The van der Waals surface area contributed by atoms with Gasteiger partial charge in [0.05, 0.1) is 13.0 Å². The molecule has 4 atom stereocenters. The van der Waals surface area contributed by atoms with Gasteiger partial charge in [-0.15, -0.1) is 0 Å². The molecule has 0 fully saturated rings. The minimum Gasteiger partial charge on any atom is -0.480 e. The van der Waals surface area contributed by atoms with Gasteiger partial charge in [0.25, 0.3) is 0 Å². The molecule has 0 saturated heterocycles. The molecule has 15 nitrogen and oxygen atoms in total.